The topological polar surface area (TPSA) is 49.3 Å². The predicted octanol–water partition coefficient (Wildman–Crippen LogP) is 0.0457. The van der Waals surface area contributed by atoms with Gasteiger partial charge in [-0.05, 0) is 6.92 Å². The number of hydrogen-bond donors (Lipinski definition) is 2. The molecule has 3 nitrogen and oxygen atoms in total. The second kappa shape index (κ2) is 3.56. The van der Waals surface area contributed by atoms with Gasteiger partial charge in [-0.3, -0.25) is 4.79 Å². The Kier molecular flexibility index (Phi) is 3.31. The maximum Gasteiger partial charge on any atom is 0.471 e. The molecule has 0 saturated heterocycles. The van der Waals surface area contributed by atoms with E-state index in [0.717, 1.165) is 0 Å². The Morgan fingerprint density at radius 1 is 1.64 bits per heavy atom. The van der Waals surface area contributed by atoms with Crippen LogP contribution in [-0.4, -0.2) is 29.8 Å². The number of carbonyl (C=O) groups is 1. The van der Waals surface area contributed by atoms with E-state index < -0.39 is 24.7 Å². The zero-order valence-corrected chi connectivity index (χ0v) is 5.77. The second-order valence-electron chi connectivity index (χ2n) is 2.06. The van der Waals surface area contributed by atoms with Gasteiger partial charge in [0.1, 0.15) is 0 Å². The summed E-state index contributed by atoms with van der Waals surface area (Å²) >= 11 is 0. The molecule has 0 spiro atoms. The van der Waals surface area contributed by atoms with Crippen LogP contribution in [0.3, 0.4) is 0 Å². The molecule has 0 unspecified atom stereocenters. The van der Waals surface area contributed by atoms with Gasteiger partial charge in [0.25, 0.3) is 0 Å². The lowest BCUT2D eigenvalue weighted by Gasteiger charge is -2.08. The Hall–Kier alpha value is -0.780. The molecule has 2 N–H and O–H groups in total. The van der Waals surface area contributed by atoms with Gasteiger partial charge in [-0.2, -0.15) is 13.2 Å². The molecular weight excluding hydrogens is 163 g/mol. The Bertz CT molecular complexity index is 143. The predicted molar refractivity (Wildman–Crippen MR) is 30.7 cm³/mol. The fourth-order valence-electron chi connectivity index (χ4n) is 0.341. The minimum atomic E-state index is -4.87. The molecule has 66 valence electrons. The molecule has 0 aromatic heterocycles. The number of carbonyl (C=O) groups excluding carboxylic acids is 1. The van der Waals surface area contributed by atoms with Crippen LogP contribution in [0.25, 0.3) is 0 Å². The fraction of sp³-hybridized carbons (Fsp3) is 0.800. The van der Waals surface area contributed by atoms with Crippen molar-refractivity contribution in [1.29, 1.82) is 0 Å². The third kappa shape index (κ3) is 4.60. The van der Waals surface area contributed by atoms with Crippen LogP contribution in [0.1, 0.15) is 6.92 Å². The van der Waals surface area contributed by atoms with Crippen LogP contribution in [0.5, 0.6) is 0 Å². The minimum Gasteiger partial charge on any atom is -0.392 e. The molecule has 0 aromatic carbocycles. The summed E-state index contributed by atoms with van der Waals surface area (Å²) in [5, 5.41) is 9.99. The van der Waals surface area contributed by atoms with Crippen molar-refractivity contribution in [2.75, 3.05) is 6.54 Å². The van der Waals surface area contributed by atoms with Gasteiger partial charge in [0.15, 0.2) is 0 Å². The van der Waals surface area contributed by atoms with E-state index in [1.165, 1.54) is 12.2 Å². The molecule has 0 aliphatic heterocycles. The standard InChI is InChI=1S/C5H8F3NO2/c1-3(10)2-9-4(11)5(6,7)8/h3,10H,2H2,1H3,(H,9,11)/t3-/m1/s1. The SMILES string of the molecule is C[C@@H](O)CNC(=O)C(F)(F)F. The summed E-state index contributed by atoms with van der Waals surface area (Å²) in [4.78, 5) is 10.0. The first-order valence-electron chi connectivity index (χ1n) is 2.87. The molecule has 0 saturated carbocycles. The van der Waals surface area contributed by atoms with Crippen molar-refractivity contribution < 1.29 is 23.1 Å². The molecule has 6 heteroatoms. The molecule has 0 heterocycles. The minimum absolute atomic E-state index is 0.391. The first kappa shape index (κ1) is 10.2. The zero-order chi connectivity index (χ0) is 9.07. The summed E-state index contributed by atoms with van der Waals surface area (Å²) < 4.78 is 34.2. The normalized spacial score (nSPS) is 14.3. The van der Waals surface area contributed by atoms with Crippen LogP contribution < -0.4 is 5.32 Å². The van der Waals surface area contributed by atoms with Crippen molar-refractivity contribution in [3.8, 4) is 0 Å². The fourth-order valence-corrected chi connectivity index (χ4v) is 0.341. The number of alkyl halides is 3. The summed E-state index contributed by atoms with van der Waals surface area (Å²) in [5.74, 6) is -2.03. The number of amides is 1. The largest absolute Gasteiger partial charge is 0.471 e. The number of rotatable bonds is 2. The molecule has 0 fully saturated rings. The Balaban J connectivity index is 3.71. The maximum atomic E-state index is 11.4. The monoisotopic (exact) mass is 171 g/mol. The van der Waals surface area contributed by atoms with Gasteiger partial charge in [0.2, 0.25) is 0 Å². The van der Waals surface area contributed by atoms with Crippen LogP contribution in [0, 0.1) is 0 Å². The van der Waals surface area contributed by atoms with Crippen molar-refractivity contribution in [3.63, 3.8) is 0 Å². The van der Waals surface area contributed by atoms with Crippen LogP contribution in [0.2, 0.25) is 0 Å². The number of nitrogens with one attached hydrogen (secondary N) is 1. The number of aliphatic hydroxyl groups excluding tert-OH is 1. The van der Waals surface area contributed by atoms with Gasteiger partial charge in [-0.25, -0.2) is 0 Å². The van der Waals surface area contributed by atoms with Crippen molar-refractivity contribution >= 4 is 5.91 Å². The molecule has 0 rings (SSSR count). The molecule has 1 amide bonds. The number of halogens is 3. The van der Waals surface area contributed by atoms with E-state index in [1.54, 1.807) is 0 Å². The smallest absolute Gasteiger partial charge is 0.392 e. The lowest BCUT2D eigenvalue weighted by atomic mass is 10.4. The zero-order valence-electron chi connectivity index (χ0n) is 5.77. The van der Waals surface area contributed by atoms with Gasteiger partial charge in [0.05, 0.1) is 6.10 Å². The number of hydrogen-bond acceptors (Lipinski definition) is 2. The van der Waals surface area contributed by atoms with Gasteiger partial charge in [-0.1, -0.05) is 0 Å². The van der Waals surface area contributed by atoms with Gasteiger partial charge in [-0.15, -0.1) is 0 Å². The van der Waals surface area contributed by atoms with Crippen molar-refractivity contribution in [1.82, 2.24) is 5.32 Å². The van der Waals surface area contributed by atoms with Crippen molar-refractivity contribution in [2.24, 2.45) is 0 Å². The number of aliphatic hydroxyl groups is 1. The quantitative estimate of drug-likeness (QED) is 0.616. The summed E-state index contributed by atoms with van der Waals surface area (Å²) in [7, 11) is 0. The van der Waals surface area contributed by atoms with Crippen LogP contribution in [0.4, 0.5) is 13.2 Å². The van der Waals surface area contributed by atoms with E-state index in [1.807, 2.05) is 0 Å². The molecular formula is C5H8F3NO2. The Morgan fingerprint density at radius 2 is 2.09 bits per heavy atom. The molecule has 0 aromatic rings. The van der Waals surface area contributed by atoms with Crippen LogP contribution in [-0.2, 0) is 4.79 Å². The van der Waals surface area contributed by atoms with E-state index in [9.17, 15) is 18.0 Å². The van der Waals surface area contributed by atoms with E-state index in [4.69, 9.17) is 5.11 Å². The summed E-state index contributed by atoms with van der Waals surface area (Å²) in [6.07, 6.45) is -5.84. The maximum absolute atomic E-state index is 11.4. The van der Waals surface area contributed by atoms with Gasteiger partial charge < -0.3 is 10.4 Å². The summed E-state index contributed by atoms with van der Waals surface area (Å²) in [6, 6.07) is 0. The van der Waals surface area contributed by atoms with E-state index in [0.29, 0.717) is 0 Å². The summed E-state index contributed by atoms with van der Waals surface area (Å²) in [6.45, 7) is 0.884. The molecule has 0 aliphatic carbocycles. The van der Waals surface area contributed by atoms with E-state index >= 15 is 0 Å². The Morgan fingerprint density at radius 3 is 2.36 bits per heavy atom. The lowest BCUT2D eigenvalue weighted by molar-refractivity contribution is -0.173. The van der Waals surface area contributed by atoms with E-state index in [2.05, 4.69) is 0 Å². The average Bonchev–Trinajstić information content (AvgIpc) is 1.80. The first-order valence-corrected chi connectivity index (χ1v) is 2.87. The van der Waals surface area contributed by atoms with E-state index in [-0.39, 0.29) is 0 Å². The first-order chi connectivity index (χ1) is 4.84. The second-order valence-corrected chi connectivity index (χ2v) is 2.06. The lowest BCUT2D eigenvalue weighted by Crippen LogP contribution is -2.40. The van der Waals surface area contributed by atoms with Crippen molar-refractivity contribution in [2.45, 2.75) is 19.2 Å². The highest BCUT2D eigenvalue weighted by Gasteiger charge is 2.38. The molecule has 1 atom stereocenters. The average molecular weight is 171 g/mol. The molecule has 11 heavy (non-hydrogen) atoms. The highest BCUT2D eigenvalue weighted by atomic mass is 19.4. The van der Waals surface area contributed by atoms with Crippen LogP contribution in [0.15, 0.2) is 0 Å². The third-order valence-corrected chi connectivity index (χ3v) is 0.815. The molecule has 0 bridgehead atoms. The Labute approximate surface area is 61.2 Å². The van der Waals surface area contributed by atoms with Crippen molar-refractivity contribution in [3.05, 3.63) is 0 Å². The highest BCUT2D eigenvalue weighted by molar-refractivity contribution is 5.81. The molecule has 0 aliphatic rings. The highest BCUT2D eigenvalue weighted by Crippen LogP contribution is 2.13. The van der Waals surface area contributed by atoms with Gasteiger partial charge in [0, 0.05) is 6.54 Å². The third-order valence-electron chi connectivity index (χ3n) is 0.815. The van der Waals surface area contributed by atoms with Gasteiger partial charge >= 0.3 is 12.1 Å². The summed E-state index contributed by atoms with van der Waals surface area (Å²) in [5.41, 5.74) is 0. The van der Waals surface area contributed by atoms with Crippen LogP contribution >= 0.6 is 0 Å². The molecule has 0 radical (unpaired) electrons.